The van der Waals surface area contributed by atoms with E-state index in [0.717, 1.165) is 11.4 Å². The van der Waals surface area contributed by atoms with Crippen LogP contribution >= 0.6 is 11.6 Å². The van der Waals surface area contributed by atoms with Gasteiger partial charge in [-0.1, -0.05) is 23.7 Å². The maximum atomic E-state index is 5.80. The lowest BCUT2D eigenvalue weighted by atomic mass is 10.1. The van der Waals surface area contributed by atoms with Gasteiger partial charge in [-0.3, -0.25) is 0 Å². The van der Waals surface area contributed by atoms with Crippen molar-refractivity contribution in [2.45, 2.75) is 39.4 Å². The highest BCUT2D eigenvalue weighted by molar-refractivity contribution is 6.30. The van der Waals surface area contributed by atoms with E-state index < -0.39 is 0 Å². The van der Waals surface area contributed by atoms with E-state index in [-0.39, 0.29) is 12.2 Å². The molecule has 0 fully saturated rings. The molecule has 0 radical (unpaired) electrons. The van der Waals surface area contributed by atoms with E-state index in [1.807, 2.05) is 24.3 Å². The zero-order valence-electron chi connectivity index (χ0n) is 8.96. The minimum atomic E-state index is 0.260. The molecule has 0 aliphatic rings. The molecular weight excluding hydrogens is 196 g/mol. The molecule has 14 heavy (non-hydrogen) atoms. The molecule has 0 aliphatic carbocycles. The number of hydrogen-bond acceptors (Lipinski definition) is 1. The molecule has 1 aromatic rings. The number of ether oxygens (including phenoxy) is 1. The SMILES string of the molecule is CC(C)OC(C)Cc1ccc(Cl)cc1. The molecule has 0 heterocycles. The molecule has 0 saturated carbocycles. The average molecular weight is 213 g/mol. The molecule has 1 unspecified atom stereocenters. The maximum Gasteiger partial charge on any atom is 0.0590 e. The van der Waals surface area contributed by atoms with E-state index in [0.29, 0.717) is 0 Å². The molecule has 0 bridgehead atoms. The third kappa shape index (κ3) is 4.12. The van der Waals surface area contributed by atoms with Crippen LogP contribution < -0.4 is 0 Å². The second-order valence-electron chi connectivity index (χ2n) is 3.83. The topological polar surface area (TPSA) is 9.23 Å². The quantitative estimate of drug-likeness (QED) is 0.740. The van der Waals surface area contributed by atoms with Crippen LogP contribution in [0.15, 0.2) is 24.3 Å². The second-order valence-corrected chi connectivity index (χ2v) is 4.26. The van der Waals surface area contributed by atoms with Crippen LogP contribution in [0.4, 0.5) is 0 Å². The Balaban J connectivity index is 2.47. The predicted octanol–water partition coefficient (Wildman–Crippen LogP) is 3.70. The Kier molecular flexibility index (Phi) is 4.43. The van der Waals surface area contributed by atoms with Gasteiger partial charge in [0, 0.05) is 5.02 Å². The van der Waals surface area contributed by atoms with Crippen LogP contribution in [-0.4, -0.2) is 12.2 Å². The third-order valence-corrected chi connectivity index (χ3v) is 2.19. The lowest BCUT2D eigenvalue weighted by Crippen LogP contribution is -2.16. The third-order valence-electron chi connectivity index (χ3n) is 1.94. The van der Waals surface area contributed by atoms with Crippen LogP contribution in [0.2, 0.25) is 5.02 Å². The Bertz CT molecular complexity index is 266. The van der Waals surface area contributed by atoms with Crippen molar-refractivity contribution in [3.05, 3.63) is 34.9 Å². The van der Waals surface area contributed by atoms with Crippen LogP contribution in [0.3, 0.4) is 0 Å². The monoisotopic (exact) mass is 212 g/mol. The Morgan fingerprint density at radius 1 is 1.14 bits per heavy atom. The van der Waals surface area contributed by atoms with Crippen molar-refractivity contribution in [2.75, 3.05) is 0 Å². The molecule has 1 nitrogen and oxygen atoms in total. The lowest BCUT2D eigenvalue weighted by Gasteiger charge is -2.15. The molecule has 1 aromatic carbocycles. The van der Waals surface area contributed by atoms with E-state index in [2.05, 4.69) is 20.8 Å². The normalized spacial score (nSPS) is 13.2. The molecule has 1 rings (SSSR count). The smallest absolute Gasteiger partial charge is 0.0590 e. The molecule has 0 saturated heterocycles. The standard InChI is InChI=1S/C12H17ClO/c1-9(2)14-10(3)8-11-4-6-12(13)7-5-11/h4-7,9-10H,8H2,1-3H3. The molecule has 0 spiro atoms. The van der Waals surface area contributed by atoms with Crippen molar-refractivity contribution >= 4 is 11.6 Å². The minimum absolute atomic E-state index is 0.260. The summed E-state index contributed by atoms with van der Waals surface area (Å²) in [6.45, 7) is 6.20. The number of rotatable bonds is 4. The van der Waals surface area contributed by atoms with Gasteiger partial charge >= 0.3 is 0 Å². The first-order chi connectivity index (χ1) is 6.58. The largest absolute Gasteiger partial charge is 0.376 e. The Hall–Kier alpha value is -0.530. The van der Waals surface area contributed by atoms with Gasteiger partial charge in [-0.15, -0.1) is 0 Å². The van der Waals surface area contributed by atoms with E-state index in [1.54, 1.807) is 0 Å². The van der Waals surface area contributed by atoms with Gasteiger partial charge in [-0.05, 0) is 44.9 Å². The molecule has 1 atom stereocenters. The highest BCUT2D eigenvalue weighted by Gasteiger charge is 2.05. The van der Waals surface area contributed by atoms with Crippen molar-refractivity contribution in [1.82, 2.24) is 0 Å². The Labute approximate surface area is 91.0 Å². The Morgan fingerprint density at radius 2 is 1.71 bits per heavy atom. The summed E-state index contributed by atoms with van der Waals surface area (Å²) in [6.07, 6.45) is 1.49. The van der Waals surface area contributed by atoms with Crippen molar-refractivity contribution in [1.29, 1.82) is 0 Å². The zero-order valence-corrected chi connectivity index (χ0v) is 9.71. The van der Waals surface area contributed by atoms with Crippen LogP contribution in [0.25, 0.3) is 0 Å². The molecule has 0 N–H and O–H groups in total. The average Bonchev–Trinajstić information content (AvgIpc) is 2.07. The van der Waals surface area contributed by atoms with Crippen LogP contribution in [-0.2, 0) is 11.2 Å². The summed E-state index contributed by atoms with van der Waals surface area (Å²) in [4.78, 5) is 0. The number of hydrogen-bond donors (Lipinski definition) is 0. The molecule has 0 amide bonds. The first kappa shape index (κ1) is 11.5. The zero-order chi connectivity index (χ0) is 10.6. The highest BCUT2D eigenvalue weighted by atomic mass is 35.5. The van der Waals surface area contributed by atoms with Gasteiger partial charge in [0.25, 0.3) is 0 Å². The summed E-state index contributed by atoms with van der Waals surface area (Å²) in [6, 6.07) is 7.92. The van der Waals surface area contributed by atoms with Gasteiger partial charge in [0.15, 0.2) is 0 Å². The van der Waals surface area contributed by atoms with Gasteiger partial charge in [-0.25, -0.2) is 0 Å². The summed E-state index contributed by atoms with van der Waals surface area (Å²) >= 11 is 5.80. The van der Waals surface area contributed by atoms with E-state index in [9.17, 15) is 0 Å². The van der Waals surface area contributed by atoms with Crippen molar-refractivity contribution in [2.24, 2.45) is 0 Å². The van der Waals surface area contributed by atoms with Crippen LogP contribution in [0.5, 0.6) is 0 Å². The first-order valence-corrected chi connectivity index (χ1v) is 5.35. The van der Waals surface area contributed by atoms with Gasteiger partial charge in [0.05, 0.1) is 12.2 Å². The molecular formula is C12H17ClO. The Morgan fingerprint density at radius 3 is 2.21 bits per heavy atom. The van der Waals surface area contributed by atoms with Crippen molar-refractivity contribution < 1.29 is 4.74 Å². The van der Waals surface area contributed by atoms with Crippen molar-refractivity contribution in [3.8, 4) is 0 Å². The number of halogens is 1. The van der Waals surface area contributed by atoms with Crippen LogP contribution in [0.1, 0.15) is 26.3 Å². The maximum absolute atomic E-state index is 5.80. The molecule has 0 aliphatic heterocycles. The highest BCUT2D eigenvalue weighted by Crippen LogP contribution is 2.12. The predicted molar refractivity (Wildman–Crippen MR) is 60.8 cm³/mol. The first-order valence-electron chi connectivity index (χ1n) is 4.98. The van der Waals surface area contributed by atoms with E-state index in [4.69, 9.17) is 16.3 Å². The fourth-order valence-corrected chi connectivity index (χ4v) is 1.59. The van der Waals surface area contributed by atoms with Crippen molar-refractivity contribution in [3.63, 3.8) is 0 Å². The number of benzene rings is 1. The molecule has 2 heteroatoms. The van der Waals surface area contributed by atoms with Crippen LogP contribution in [0, 0.1) is 0 Å². The lowest BCUT2D eigenvalue weighted by molar-refractivity contribution is 0.0195. The summed E-state index contributed by atoms with van der Waals surface area (Å²) in [5.41, 5.74) is 1.27. The molecule has 0 aromatic heterocycles. The van der Waals surface area contributed by atoms with Gasteiger partial charge in [0.2, 0.25) is 0 Å². The van der Waals surface area contributed by atoms with Gasteiger partial charge in [0.1, 0.15) is 0 Å². The van der Waals surface area contributed by atoms with Gasteiger partial charge < -0.3 is 4.74 Å². The fraction of sp³-hybridized carbons (Fsp3) is 0.500. The fourth-order valence-electron chi connectivity index (χ4n) is 1.47. The van der Waals surface area contributed by atoms with E-state index >= 15 is 0 Å². The van der Waals surface area contributed by atoms with E-state index in [1.165, 1.54) is 5.56 Å². The minimum Gasteiger partial charge on any atom is -0.376 e. The molecule has 78 valence electrons. The van der Waals surface area contributed by atoms with Gasteiger partial charge in [-0.2, -0.15) is 0 Å². The summed E-state index contributed by atoms with van der Waals surface area (Å²) in [7, 11) is 0. The summed E-state index contributed by atoms with van der Waals surface area (Å²) in [5, 5.41) is 0.784. The second kappa shape index (κ2) is 5.38. The summed E-state index contributed by atoms with van der Waals surface area (Å²) in [5.74, 6) is 0. The summed E-state index contributed by atoms with van der Waals surface area (Å²) < 4.78 is 5.65.